The summed E-state index contributed by atoms with van der Waals surface area (Å²) in [5, 5.41) is 3.37. The molecule has 104 valence electrons. The monoisotopic (exact) mass is 339 g/mol. The lowest BCUT2D eigenvalue weighted by Gasteiger charge is -2.12. The Morgan fingerprint density at radius 3 is 2.38 bits per heavy atom. The Hall–Kier alpha value is -2.20. The van der Waals surface area contributed by atoms with Gasteiger partial charge < -0.3 is 5.32 Å². The smallest absolute Gasteiger partial charge is 0.135 e. The zero-order chi connectivity index (χ0) is 14.7. The number of hydrogen-bond donors (Lipinski definition) is 1. The van der Waals surface area contributed by atoms with Gasteiger partial charge in [-0.05, 0) is 34.5 Å². The molecule has 0 saturated carbocycles. The van der Waals surface area contributed by atoms with Crippen molar-refractivity contribution in [1.82, 2.24) is 9.97 Å². The van der Waals surface area contributed by atoms with Gasteiger partial charge in [-0.25, -0.2) is 9.97 Å². The zero-order valence-electron chi connectivity index (χ0n) is 11.5. The maximum absolute atomic E-state index is 4.41. The molecule has 3 nitrogen and oxygen atoms in total. The van der Waals surface area contributed by atoms with E-state index in [0.717, 1.165) is 27.5 Å². The third-order valence-electron chi connectivity index (χ3n) is 3.08. The topological polar surface area (TPSA) is 37.8 Å². The molecule has 0 fully saturated rings. The van der Waals surface area contributed by atoms with E-state index in [0.29, 0.717) is 0 Å². The summed E-state index contributed by atoms with van der Waals surface area (Å²) in [6.07, 6.45) is 0. The van der Waals surface area contributed by atoms with E-state index in [2.05, 4.69) is 49.4 Å². The number of nitrogens with zero attached hydrogens (tertiary/aromatic N) is 2. The van der Waals surface area contributed by atoms with Crippen LogP contribution in [-0.2, 0) is 0 Å². The van der Waals surface area contributed by atoms with Gasteiger partial charge in [0.25, 0.3) is 0 Å². The number of rotatable bonds is 3. The molecule has 1 aromatic heterocycles. The lowest BCUT2D eigenvalue weighted by molar-refractivity contribution is 1.04. The van der Waals surface area contributed by atoms with Crippen LogP contribution in [0.3, 0.4) is 0 Å². The molecule has 0 aliphatic carbocycles. The average molecular weight is 340 g/mol. The van der Waals surface area contributed by atoms with Crippen molar-refractivity contribution in [2.75, 3.05) is 5.32 Å². The van der Waals surface area contributed by atoms with Crippen LogP contribution in [0, 0.1) is 6.92 Å². The van der Waals surface area contributed by atoms with Gasteiger partial charge in [0.15, 0.2) is 0 Å². The van der Waals surface area contributed by atoms with Crippen LogP contribution < -0.4 is 5.32 Å². The van der Waals surface area contributed by atoms with E-state index >= 15 is 0 Å². The van der Waals surface area contributed by atoms with Gasteiger partial charge in [-0.1, -0.05) is 48.5 Å². The SMILES string of the molecule is Cc1nc(Br)cc(Nc2ccccc2-c2ccccc2)n1. The van der Waals surface area contributed by atoms with Gasteiger partial charge in [-0.3, -0.25) is 0 Å². The summed E-state index contributed by atoms with van der Waals surface area (Å²) >= 11 is 3.40. The number of hydrogen-bond acceptors (Lipinski definition) is 3. The second-order valence-electron chi connectivity index (χ2n) is 4.66. The molecular formula is C17H14BrN3. The number of benzene rings is 2. The fourth-order valence-electron chi connectivity index (χ4n) is 2.19. The number of anilines is 2. The van der Waals surface area contributed by atoms with Crippen LogP contribution in [0.1, 0.15) is 5.82 Å². The lowest BCUT2D eigenvalue weighted by atomic mass is 10.0. The third kappa shape index (κ3) is 3.28. The molecular weight excluding hydrogens is 326 g/mol. The van der Waals surface area contributed by atoms with Crippen LogP contribution >= 0.6 is 15.9 Å². The normalized spacial score (nSPS) is 10.4. The van der Waals surface area contributed by atoms with Gasteiger partial charge in [0, 0.05) is 17.3 Å². The predicted molar refractivity (Wildman–Crippen MR) is 89.6 cm³/mol. The van der Waals surface area contributed by atoms with Crippen molar-refractivity contribution in [2.24, 2.45) is 0 Å². The first-order chi connectivity index (χ1) is 10.2. The second kappa shape index (κ2) is 6.06. The molecule has 1 heterocycles. The Kier molecular flexibility index (Phi) is 3.97. The van der Waals surface area contributed by atoms with Crippen molar-refractivity contribution in [3.63, 3.8) is 0 Å². The maximum Gasteiger partial charge on any atom is 0.135 e. The Morgan fingerprint density at radius 1 is 0.905 bits per heavy atom. The van der Waals surface area contributed by atoms with Crippen LogP contribution in [0.4, 0.5) is 11.5 Å². The number of aromatic nitrogens is 2. The molecule has 0 atom stereocenters. The zero-order valence-corrected chi connectivity index (χ0v) is 13.1. The highest BCUT2D eigenvalue weighted by Crippen LogP contribution is 2.29. The average Bonchev–Trinajstić information content (AvgIpc) is 2.48. The van der Waals surface area contributed by atoms with Crippen molar-refractivity contribution in [3.8, 4) is 11.1 Å². The van der Waals surface area contributed by atoms with Crippen LogP contribution in [0.25, 0.3) is 11.1 Å². The van der Waals surface area contributed by atoms with E-state index in [-0.39, 0.29) is 0 Å². The summed E-state index contributed by atoms with van der Waals surface area (Å²) in [7, 11) is 0. The van der Waals surface area contributed by atoms with E-state index in [1.165, 1.54) is 5.56 Å². The van der Waals surface area contributed by atoms with Crippen molar-refractivity contribution in [1.29, 1.82) is 0 Å². The van der Waals surface area contributed by atoms with Crippen LogP contribution in [-0.4, -0.2) is 9.97 Å². The molecule has 0 saturated heterocycles. The van der Waals surface area contributed by atoms with Crippen molar-refractivity contribution in [3.05, 3.63) is 71.1 Å². The van der Waals surface area contributed by atoms with Crippen LogP contribution in [0.5, 0.6) is 0 Å². The Balaban J connectivity index is 2.00. The fraction of sp³-hybridized carbons (Fsp3) is 0.0588. The largest absolute Gasteiger partial charge is 0.340 e. The third-order valence-corrected chi connectivity index (χ3v) is 3.49. The summed E-state index contributed by atoms with van der Waals surface area (Å²) in [6, 6.07) is 20.4. The van der Waals surface area contributed by atoms with Gasteiger partial charge >= 0.3 is 0 Å². The van der Waals surface area contributed by atoms with Gasteiger partial charge in [-0.2, -0.15) is 0 Å². The van der Waals surface area contributed by atoms with Crippen molar-refractivity contribution < 1.29 is 0 Å². The summed E-state index contributed by atoms with van der Waals surface area (Å²) in [5.41, 5.74) is 3.34. The van der Waals surface area contributed by atoms with Crippen LogP contribution in [0.15, 0.2) is 65.3 Å². The quantitative estimate of drug-likeness (QED) is 0.685. The van der Waals surface area contributed by atoms with Gasteiger partial charge in [-0.15, -0.1) is 0 Å². The van der Waals surface area contributed by atoms with E-state index in [1.807, 2.05) is 49.4 Å². The second-order valence-corrected chi connectivity index (χ2v) is 5.47. The lowest BCUT2D eigenvalue weighted by Crippen LogP contribution is -1.98. The summed E-state index contributed by atoms with van der Waals surface area (Å²) in [4.78, 5) is 8.63. The number of halogens is 1. The van der Waals surface area contributed by atoms with Crippen molar-refractivity contribution in [2.45, 2.75) is 6.92 Å². The first-order valence-electron chi connectivity index (χ1n) is 6.65. The summed E-state index contributed by atoms with van der Waals surface area (Å²) in [6.45, 7) is 1.87. The Bertz CT molecular complexity index is 737. The molecule has 1 N–H and O–H groups in total. The molecule has 0 aliphatic rings. The number of para-hydroxylation sites is 1. The molecule has 3 aromatic rings. The van der Waals surface area contributed by atoms with E-state index in [9.17, 15) is 0 Å². The Morgan fingerprint density at radius 2 is 1.62 bits per heavy atom. The first-order valence-corrected chi connectivity index (χ1v) is 7.44. The first kappa shape index (κ1) is 13.8. The van der Waals surface area contributed by atoms with E-state index in [1.54, 1.807) is 0 Å². The predicted octanol–water partition coefficient (Wildman–Crippen LogP) is 4.96. The molecule has 0 unspecified atom stereocenters. The number of aryl methyl sites for hydroxylation is 1. The molecule has 0 spiro atoms. The van der Waals surface area contributed by atoms with Gasteiger partial charge in [0.2, 0.25) is 0 Å². The van der Waals surface area contributed by atoms with E-state index in [4.69, 9.17) is 0 Å². The minimum Gasteiger partial charge on any atom is -0.340 e. The molecule has 0 amide bonds. The number of nitrogens with one attached hydrogen (secondary N) is 1. The minimum absolute atomic E-state index is 0.726. The molecule has 0 radical (unpaired) electrons. The minimum atomic E-state index is 0.726. The van der Waals surface area contributed by atoms with Gasteiger partial charge in [0.05, 0.1) is 0 Å². The van der Waals surface area contributed by atoms with Gasteiger partial charge in [0.1, 0.15) is 16.2 Å². The standard InChI is InChI=1S/C17H14BrN3/c1-12-19-16(18)11-17(20-12)21-15-10-6-5-9-14(15)13-7-3-2-4-8-13/h2-11H,1H3,(H,19,20,21). The molecule has 2 aromatic carbocycles. The molecule has 4 heteroatoms. The molecule has 3 rings (SSSR count). The Labute approximate surface area is 132 Å². The fourth-order valence-corrected chi connectivity index (χ4v) is 2.67. The highest BCUT2D eigenvalue weighted by molar-refractivity contribution is 9.10. The van der Waals surface area contributed by atoms with Crippen molar-refractivity contribution >= 4 is 27.4 Å². The van der Waals surface area contributed by atoms with Crippen LogP contribution in [0.2, 0.25) is 0 Å². The maximum atomic E-state index is 4.41. The molecule has 0 bridgehead atoms. The van der Waals surface area contributed by atoms with E-state index < -0.39 is 0 Å². The molecule has 21 heavy (non-hydrogen) atoms. The molecule has 0 aliphatic heterocycles. The highest BCUT2D eigenvalue weighted by atomic mass is 79.9. The highest BCUT2D eigenvalue weighted by Gasteiger charge is 2.06. The summed E-state index contributed by atoms with van der Waals surface area (Å²) in [5.74, 6) is 1.50. The summed E-state index contributed by atoms with van der Waals surface area (Å²) < 4.78 is 0.773.